The Morgan fingerprint density at radius 2 is 1.62 bits per heavy atom. The van der Waals surface area contributed by atoms with Crippen LogP contribution in [0.5, 0.6) is 0 Å². The second-order valence-electron chi connectivity index (χ2n) is 5.34. The summed E-state index contributed by atoms with van der Waals surface area (Å²) in [6, 6.07) is 4.70. The van der Waals surface area contributed by atoms with Gasteiger partial charge in [0.25, 0.3) is 0 Å². The van der Waals surface area contributed by atoms with Crippen molar-refractivity contribution in [2.24, 2.45) is 0 Å². The maximum atomic E-state index is 2.40. The minimum absolute atomic E-state index is 0.342. The second kappa shape index (κ2) is 5.19. The van der Waals surface area contributed by atoms with E-state index in [2.05, 4.69) is 53.4 Å². The van der Waals surface area contributed by atoms with Crippen molar-refractivity contribution in [3.05, 3.63) is 21.9 Å². The van der Waals surface area contributed by atoms with Crippen LogP contribution in [-0.4, -0.2) is 6.66 Å². The normalized spacial score (nSPS) is 16.9. The highest BCUT2D eigenvalue weighted by Gasteiger charge is 2.27. The molecule has 0 bridgehead atoms. The molecule has 1 rings (SSSR count). The number of hydrogen-bond acceptors (Lipinski definition) is 1. The molecule has 0 amide bonds. The van der Waals surface area contributed by atoms with E-state index in [9.17, 15) is 0 Å². The highest BCUT2D eigenvalue weighted by molar-refractivity contribution is 7.39. The van der Waals surface area contributed by atoms with Gasteiger partial charge < -0.3 is 0 Å². The van der Waals surface area contributed by atoms with Crippen LogP contribution in [0.25, 0.3) is 0 Å². The van der Waals surface area contributed by atoms with Gasteiger partial charge in [-0.05, 0) is 37.1 Å². The van der Waals surface area contributed by atoms with Crippen molar-refractivity contribution in [2.75, 3.05) is 6.66 Å². The molecule has 1 aromatic rings. The Hall–Kier alpha value is 0.130. The third-order valence-electron chi connectivity index (χ3n) is 3.96. The first-order valence-corrected chi connectivity index (χ1v) is 8.51. The minimum atomic E-state index is 0.342. The maximum Gasteiger partial charge on any atom is 0.0186 e. The molecule has 0 N–H and O–H groups in total. The van der Waals surface area contributed by atoms with E-state index in [1.807, 2.05) is 11.3 Å². The van der Waals surface area contributed by atoms with Crippen LogP contribution in [0, 0.1) is 0 Å². The van der Waals surface area contributed by atoms with Crippen molar-refractivity contribution >= 4 is 19.9 Å². The summed E-state index contributed by atoms with van der Waals surface area (Å²) in [6.07, 6.45) is 2.46. The van der Waals surface area contributed by atoms with Crippen LogP contribution in [0.15, 0.2) is 12.1 Å². The zero-order chi connectivity index (χ0) is 12.4. The fourth-order valence-corrected chi connectivity index (χ4v) is 4.09. The molecular weight excluding hydrogens is 231 g/mol. The molecule has 0 fully saturated rings. The Kier molecular flexibility index (Phi) is 4.60. The zero-order valence-electron chi connectivity index (χ0n) is 11.5. The van der Waals surface area contributed by atoms with Crippen molar-refractivity contribution in [3.8, 4) is 0 Å². The molecule has 0 saturated carbocycles. The van der Waals surface area contributed by atoms with Crippen LogP contribution >= 0.6 is 19.9 Å². The first kappa shape index (κ1) is 14.2. The Morgan fingerprint density at radius 3 is 2.06 bits per heavy atom. The highest BCUT2D eigenvalue weighted by Crippen LogP contribution is 2.46. The summed E-state index contributed by atoms with van der Waals surface area (Å²) in [5, 5.41) is 0.409. The van der Waals surface area contributed by atoms with Gasteiger partial charge in [0.05, 0.1) is 0 Å². The lowest BCUT2D eigenvalue weighted by molar-refractivity contribution is 0.517. The van der Waals surface area contributed by atoms with Crippen molar-refractivity contribution in [2.45, 2.75) is 58.0 Å². The monoisotopic (exact) mass is 256 g/mol. The van der Waals surface area contributed by atoms with Crippen LogP contribution in [-0.2, 0) is 10.6 Å². The van der Waals surface area contributed by atoms with E-state index in [0.29, 0.717) is 10.6 Å². The van der Waals surface area contributed by atoms with Crippen LogP contribution < -0.4 is 0 Å². The predicted molar refractivity (Wildman–Crippen MR) is 79.5 cm³/mol. The number of thiophene rings is 1. The zero-order valence-corrected chi connectivity index (χ0v) is 13.3. The average Bonchev–Trinajstić information content (AvgIpc) is 2.78. The summed E-state index contributed by atoms with van der Waals surface area (Å²) in [5.41, 5.74) is 0.342. The van der Waals surface area contributed by atoms with E-state index in [-0.39, 0.29) is 0 Å². The van der Waals surface area contributed by atoms with Gasteiger partial charge in [0, 0.05) is 14.9 Å². The van der Waals surface area contributed by atoms with Gasteiger partial charge in [0.2, 0.25) is 0 Å². The first-order chi connectivity index (χ1) is 7.39. The van der Waals surface area contributed by atoms with Crippen LogP contribution in [0.1, 0.15) is 57.2 Å². The third-order valence-corrected chi connectivity index (χ3v) is 7.58. The molecule has 0 spiro atoms. The maximum absolute atomic E-state index is 2.40. The quantitative estimate of drug-likeness (QED) is 0.621. The van der Waals surface area contributed by atoms with Gasteiger partial charge in [-0.3, -0.25) is 0 Å². The largest absolute Gasteiger partial charge is 0.144 e. The molecule has 0 saturated heterocycles. The molecule has 0 aliphatic carbocycles. The molecule has 0 aliphatic heterocycles. The molecular formula is C14H25PS. The molecule has 2 atom stereocenters. The summed E-state index contributed by atoms with van der Waals surface area (Å²) in [6.45, 7) is 14.0. The Labute approximate surface area is 107 Å². The van der Waals surface area contributed by atoms with Crippen molar-refractivity contribution < 1.29 is 0 Å². The summed E-state index contributed by atoms with van der Waals surface area (Å²) in [5.74, 6) is 0. The molecule has 0 radical (unpaired) electrons. The lowest BCUT2D eigenvalue weighted by Crippen LogP contribution is -2.14. The smallest absolute Gasteiger partial charge is 0.0186 e. The molecule has 2 heteroatoms. The molecule has 1 aromatic heterocycles. The number of hydrogen-bond donors (Lipinski definition) is 0. The van der Waals surface area contributed by atoms with E-state index in [1.54, 1.807) is 9.75 Å². The van der Waals surface area contributed by atoms with Crippen LogP contribution in [0.4, 0.5) is 0 Å². The van der Waals surface area contributed by atoms with Gasteiger partial charge >= 0.3 is 0 Å². The van der Waals surface area contributed by atoms with Gasteiger partial charge in [0.1, 0.15) is 0 Å². The molecule has 92 valence electrons. The van der Waals surface area contributed by atoms with E-state index >= 15 is 0 Å². The Balaban J connectivity index is 3.03. The summed E-state index contributed by atoms with van der Waals surface area (Å²) in [7, 11) is 0.987. The molecule has 1 heterocycles. The second-order valence-corrected chi connectivity index (χ2v) is 8.02. The number of rotatable bonds is 5. The van der Waals surface area contributed by atoms with Crippen LogP contribution in [0.2, 0.25) is 0 Å². The van der Waals surface area contributed by atoms with E-state index in [0.717, 1.165) is 8.58 Å². The molecule has 16 heavy (non-hydrogen) atoms. The third kappa shape index (κ3) is 2.68. The topological polar surface area (TPSA) is 0 Å². The van der Waals surface area contributed by atoms with E-state index < -0.39 is 0 Å². The SMILES string of the molecule is CCC(C)(C)c1ccc(C(C)(CC)PC)s1. The lowest BCUT2D eigenvalue weighted by Gasteiger charge is -2.26. The van der Waals surface area contributed by atoms with Crippen LogP contribution in [0.3, 0.4) is 0 Å². The van der Waals surface area contributed by atoms with E-state index in [1.165, 1.54) is 12.8 Å². The predicted octanol–water partition coefficient (Wildman–Crippen LogP) is 5.37. The van der Waals surface area contributed by atoms with Gasteiger partial charge in [-0.2, -0.15) is 0 Å². The van der Waals surface area contributed by atoms with Gasteiger partial charge in [0.15, 0.2) is 0 Å². The summed E-state index contributed by atoms with van der Waals surface area (Å²) in [4.78, 5) is 3.12. The lowest BCUT2D eigenvalue weighted by atomic mass is 9.88. The summed E-state index contributed by atoms with van der Waals surface area (Å²) < 4.78 is 0. The highest BCUT2D eigenvalue weighted by atomic mass is 32.1. The average molecular weight is 256 g/mol. The fraction of sp³-hybridized carbons (Fsp3) is 0.714. The van der Waals surface area contributed by atoms with Crippen molar-refractivity contribution in [1.29, 1.82) is 0 Å². The summed E-state index contributed by atoms with van der Waals surface area (Å²) >= 11 is 2.03. The van der Waals surface area contributed by atoms with E-state index in [4.69, 9.17) is 0 Å². The standard InChI is InChI=1S/C14H25PS/c1-7-13(3,4)11-9-10-12(16-11)14(5,8-2)15-6/h9-10,15H,7-8H2,1-6H3. The minimum Gasteiger partial charge on any atom is -0.144 e. The molecule has 2 unspecified atom stereocenters. The van der Waals surface area contributed by atoms with Crippen molar-refractivity contribution in [1.82, 2.24) is 0 Å². The molecule has 0 nitrogen and oxygen atoms in total. The fourth-order valence-electron chi connectivity index (χ4n) is 1.65. The molecule has 0 aliphatic rings. The van der Waals surface area contributed by atoms with Gasteiger partial charge in [-0.1, -0.05) is 34.6 Å². The molecule has 0 aromatic carbocycles. The van der Waals surface area contributed by atoms with Gasteiger partial charge in [-0.25, -0.2) is 0 Å². The van der Waals surface area contributed by atoms with Gasteiger partial charge in [-0.15, -0.1) is 19.9 Å². The van der Waals surface area contributed by atoms with Crippen molar-refractivity contribution in [3.63, 3.8) is 0 Å². The Bertz CT molecular complexity index is 334. The first-order valence-electron chi connectivity index (χ1n) is 6.19. The Morgan fingerprint density at radius 1 is 1.06 bits per heavy atom.